The highest BCUT2D eigenvalue weighted by Gasteiger charge is 2.19. The van der Waals surface area contributed by atoms with Gasteiger partial charge in [0.2, 0.25) is 0 Å². The average Bonchev–Trinajstić information content (AvgIpc) is 2.68. The quantitative estimate of drug-likeness (QED) is 0.852. The SMILES string of the molecule is CC(C)(C)NC(=O)c1ccccc1NC(=O)c1ccc(N2CCOCC2)cc1. The fraction of sp³-hybridized carbons (Fsp3) is 0.364. The van der Waals surface area contributed by atoms with Crippen LogP contribution in [0.4, 0.5) is 11.4 Å². The molecule has 2 amide bonds. The summed E-state index contributed by atoms with van der Waals surface area (Å²) in [5, 5.41) is 5.79. The lowest BCUT2D eigenvalue weighted by Crippen LogP contribution is -2.40. The van der Waals surface area contributed by atoms with Gasteiger partial charge in [-0.15, -0.1) is 0 Å². The molecular formula is C22H27N3O3. The summed E-state index contributed by atoms with van der Waals surface area (Å²) in [6.07, 6.45) is 0. The van der Waals surface area contributed by atoms with Gasteiger partial charge in [0.05, 0.1) is 24.5 Å². The van der Waals surface area contributed by atoms with Crippen LogP contribution in [0.15, 0.2) is 48.5 Å². The van der Waals surface area contributed by atoms with Gasteiger partial charge < -0.3 is 20.3 Å². The fourth-order valence-corrected chi connectivity index (χ4v) is 3.04. The highest BCUT2D eigenvalue weighted by molar-refractivity contribution is 6.09. The molecule has 6 heteroatoms. The van der Waals surface area contributed by atoms with Crippen molar-refractivity contribution in [2.24, 2.45) is 0 Å². The van der Waals surface area contributed by atoms with Gasteiger partial charge in [0.25, 0.3) is 11.8 Å². The number of carbonyl (C=O) groups is 2. The molecule has 1 saturated heterocycles. The maximum absolute atomic E-state index is 12.7. The Morgan fingerprint density at radius 3 is 2.21 bits per heavy atom. The Bertz CT molecular complexity index is 835. The van der Waals surface area contributed by atoms with Gasteiger partial charge in [-0.2, -0.15) is 0 Å². The topological polar surface area (TPSA) is 70.7 Å². The van der Waals surface area contributed by atoms with E-state index in [0.717, 1.165) is 32.0 Å². The second kappa shape index (κ2) is 8.44. The van der Waals surface area contributed by atoms with Crippen LogP contribution >= 0.6 is 0 Å². The van der Waals surface area contributed by atoms with Crippen LogP contribution in [0.25, 0.3) is 0 Å². The van der Waals surface area contributed by atoms with Crippen molar-refractivity contribution in [3.63, 3.8) is 0 Å². The molecule has 6 nitrogen and oxygen atoms in total. The lowest BCUT2D eigenvalue weighted by atomic mass is 10.1. The van der Waals surface area contributed by atoms with Crippen LogP contribution in [-0.2, 0) is 4.74 Å². The molecule has 2 aromatic carbocycles. The zero-order valence-electron chi connectivity index (χ0n) is 16.6. The molecular weight excluding hydrogens is 354 g/mol. The lowest BCUT2D eigenvalue weighted by Gasteiger charge is -2.28. The first-order valence-corrected chi connectivity index (χ1v) is 9.49. The number of anilines is 2. The number of nitrogens with zero attached hydrogens (tertiary/aromatic N) is 1. The van der Waals surface area contributed by atoms with E-state index in [9.17, 15) is 9.59 Å². The van der Waals surface area contributed by atoms with Crippen LogP contribution < -0.4 is 15.5 Å². The zero-order valence-corrected chi connectivity index (χ0v) is 16.6. The summed E-state index contributed by atoms with van der Waals surface area (Å²) >= 11 is 0. The number of hydrogen-bond acceptors (Lipinski definition) is 4. The lowest BCUT2D eigenvalue weighted by molar-refractivity contribution is 0.0920. The monoisotopic (exact) mass is 381 g/mol. The maximum atomic E-state index is 12.7. The smallest absolute Gasteiger partial charge is 0.255 e. The van der Waals surface area contributed by atoms with Crippen LogP contribution in [0.5, 0.6) is 0 Å². The first kappa shape index (κ1) is 19.9. The third kappa shape index (κ3) is 5.10. The minimum atomic E-state index is -0.358. The number of amides is 2. The molecule has 0 radical (unpaired) electrons. The Morgan fingerprint density at radius 1 is 0.929 bits per heavy atom. The molecule has 0 spiro atoms. The number of ether oxygens (including phenoxy) is 1. The van der Waals surface area contributed by atoms with Gasteiger partial charge in [-0.1, -0.05) is 12.1 Å². The van der Waals surface area contributed by atoms with Gasteiger partial charge in [0, 0.05) is 29.9 Å². The van der Waals surface area contributed by atoms with Gasteiger partial charge >= 0.3 is 0 Å². The number of hydrogen-bond donors (Lipinski definition) is 2. The third-order valence-corrected chi connectivity index (χ3v) is 4.41. The van der Waals surface area contributed by atoms with E-state index in [1.54, 1.807) is 36.4 Å². The molecule has 0 aliphatic carbocycles. The Balaban J connectivity index is 1.72. The Labute approximate surface area is 165 Å². The molecule has 148 valence electrons. The number of rotatable bonds is 4. The van der Waals surface area contributed by atoms with Gasteiger partial charge in [-0.25, -0.2) is 0 Å². The van der Waals surface area contributed by atoms with Crippen molar-refractivity contribution >= 4 is 23.2 Å². The molecule has 0 bridgehead atoms. The minimum Gasteiger partial charge on any atom is -0.378 e. The van der Waals surface area contributed by atoms with E-state index >= 15 is 0 Å². The standard InChI is InChI=1S/C22H27N3O3/c1-22(2,3)24-21(27)18-6-4-5-7-19(18)23-20(26)16-8-10-17(11-9-16)25-12-14-28-15-13-25/h4-11H,12-15H2,1-3H3,(H,23,26)(H,24,27). The van der Waals surface area contributed by atoms with Crippen LogP contribution in [0.3, 0.4) is 0 Å². The summed E-state index contributed by atoms with van der Waals surface area (Å²) in [7, 11) is 0. The molecule has 1 aliphatic rings. The predicted molar refractivity (Wildman–Crippen MR) is 111 cm³/mol. The van der Waals surface area contributed by atoms with Crippen LogP contribution in [0, 0.1) is 0 Å². The van der Waals surface area contributed by atoms with Gasteiger partial charge in [0.15, 0.2) is 0 Å². The van der Waals surface area contributed by atoms with E-state index in [4.69, 9.17) is 4.74 Å². The van der Waals surface area contributed by atoms with Crippen molar-refractivity contribution in [1.82, 2.24) is 5.32 Å². The molecule has 0 saturated carbocycles. The van der Waals surface area contributed by atoms with E-state index < -0.39 is 0 Å². The molecule has 1 aliphatic heterocycles. The molecule has 28 heavy (non-hydrogen) atoms. The van der Waals surface area contributed by atoms with Crippen LogP contribution in [0.2, 0.25) is 0 Å². The van der Waals surface area contributed by atoms with E-state index in [-0.39, 0.29) is 17.4 Å². The average molecular weight is 381 g/mol. The second-order valence-corrected chi connectivity index (χ2v) is 7.85. The third-order valence-electron chi connectivity index (χ3n) is 4.41. The molecule has 0 aromatic heterocycles. The number of para-hydroxylation sites is 1. The Kier molecular flexibility index (Phi) is 5.99. The van der Waals surface area contributed by atoms with E-state index in [2.05, 4.69) is 15.5 Å². The summed E-state index contributed by atoms with van der Waals surface area (Å²) in [6, 6.07) is 14.5. The zero-order chi connectivity index (χ0) is 20.1. The van der Waals surface area contributed by atoms with E-state index in [1.807, 2.05) is 32.9 Å². The number of morpholine rings is 1. The van der Waals surface area contributed by atoms with Gasteiger partial charge in [-0.05, 0) is 57.2 Å². The summed E-state index contributed by atoms with van der Waals surface area (Å²) in [6.45, 7) is 8.89. The predicted octanol–water partition coefficient (Wildman–Crippen LogP) is 3.30. The molecule has 1 fully saturated rings. The first-order valence-electron chi connectivity index (χ1n) is 9.49. The van der Waals surface area contributed by atoms with E-state index in [1.165, 1.54) is 0 Å². The fourth-order valence-electron chi connectivity index (χ4n) is 3.04. The van der Waals surface area contributed by atoms with Crippen molar-refractivity contribution in [1.29, 1.82) is 0 Å². The molecule has 2 aromatic rings. The maximum Gasteiger partial charge on any atom is 0.255 e. The van der Waals surface area contributed by atoms with Gasteiger partial charge in [-0.3, -0.25) is 9.59 Å². The highest BCUT2D eigenvalue weighted by atomic mass is 16.5. The van der Waals surface area contributed by atoms with Crippen molar-refractivity contribution in [2.75, 3.05) is 36.5 Å². The largest absolute Gasteiger partial charge is 0.378 e. The normalized spacial score (nSPS) is 14.5. The van der Waals surface area contributed by atoms with Gasteiger partial charge in [0.1, 0.15) is 0 Å². The van der Waals surface area contributed by atoms with Crippen molar-refractivity contribution in [3.05, 3.63) is 59.7 Å². The first-order chi connectivity index (χ1) is 13.3. The summed E-state index contributed by atoms with van der Waals surface area (Å²) in [5.74, 6) is -0.462. The number of benzene rings is 2. The molecule has 0 unspecified atom stereocenters. The van der Waals surface area contributed by atoms with Crippen molar-refractivity contribution < 1.29 is 14.3 Å². The van der Waals surface area contributed by atoms with Crippen molar-refractivity contribution in [3.8, 4) is 0 Å². The van der Waals surface area contributed by atoms with Crippen molar-refractivity contribution in [2.45, 2.75) is 26.3 Å². The Morgan fingerprint density at radius 2 is 1.57 bits per heavy atom. The van der Waals surface area contributed by atoms with E-state index in [0.29, 0.717) is 16.8 Å². The minimum absolute atomic E-state index is 0.217. The highest BCUT2D eigenvalue weighted by Crippen LogP contribution is 2.20. The molecule has 3 rings (SSSR count). The summed E-state index contributed by atoms with van der Waals surface area (Å²) in [4.78, 5) is 27.5. The molecule has 1 heterocycles. The molecule has 0 atom stereocenters. The second-order valence-electron chi connectivity index (χ2n) is 7.85. The van der Waals surface area contributed by atoms with Crippen LogP contribution in [0.1, 0.15) is 41.5 Å². The Hall–Kier alpha value is -2.86. The molecule has 2 N–H and O–H groups in total. The summed E-state index contributed by atoms with van der Waals surface area (Å²) < 4.78 is 5.37. The number of carbonyl (C=O) groups excluding carboxylic acids is 2. The summed E-state index contributed by atoms with van der Waals surface area (Å²) in [5.41, 5.74) is 2.19. The van der Waals surface area contributed by atoms with Crippen LogP contribution in [-0.4, -0.2) is 43.7 Å². The number of nitrogens with one attached hydrogen (secondary N) is 2.